The van der Waals surface area contributed by atoms with Crippen LogP contribution >= 0.6 is 11.6 Å². The molecule has 1 saturated heterocycles. The highest BCUT2D eigenvalue weighted by atomic mass is 35.5. The number of benzene rings is 1. The lowest BCUT2D eigenvalue weighted by Crippen LogP contribution is -2.28. The zero-order valence-corrected chi connectivity index (χ0v) is 11.1. The van der Waals surface area contributed by atoms with Crippen LogP contribution in [0.4, 0.5) is 0 Å². The first kappa shape index (κ1) is 13.3. The summed E-state index contributed by atoms with van der Waals surface area (Å²) in [6.45, 7) is 0. The van der Waals surface area contributed by atoms with Gasteiger partial charge < -0.3 is 5.11 Å². The molecule has 4 nitrogen and oxygen atoms in total. The first-order chi connectivity index (χ1) is 8.38. The first-order valence-corrected chi connectivity index (χ1v) is 7.64. The van der Waals surface area contributed by atoms with Crippen molar-refractivity contribution in [3.63, 3.8) is 0 Å². The van der Waals surface area contributed by atoms with Gasteiger partial charge in [-0.15, -0.1) is 0 Å². The van der Waals surface area contributed by atoms with Gasteiger partial charge >= 0.3 is 0 Å². The summed E-state index contributed by atoms with van der Waals surface area (Å²) in [7, 11) is -3.24. The minimum atomic E-state index is -3.24. The van der Waals surface area contributed by atoms with Gasteiger partial charge in [0.2, 0.25) is 0 Å². The van der Waals surface area contributed by atoms with Crippen molar-refractivity contribution in [3.8, 4) is 6.07 Å². The summed E-state index contributed by atoms with van der Waals surface area (Å²) in [6, 6.07) is 8.49. The molecule has 0 bridgehead atoms. The highest BCUT2D eigenvalue weighted by molar-refractivity contribution is 7.91. The van der Waals surface area contributed by atoms with Crippen molar-refractivity contribution >= 4 is 21.4 Å². The molecule has 0 saturated carbocycles. The van der Waals surface area contributed by atoms with Gasteiger partial charge in [-0.3, -0.25) is 0 Å². The molecule has 0 aromatic heterocycles. The number of hydrogen-bond acceptors (Lipinski definition) is 4. The largest absolute Gasteiger partial charge is 0.387 e. The molecule has 1 aliphatic rings. The van der Waals surface area contributed by atoms with Crippen LogP contribution in [-0.4, -0.2) is 25.0 Å². The van der Waals surface area contributed by atoms with Gasteiger partial charge in [-0.05, 0) is 24.1 Å². The van der Waals surface area contributed by atoms with Gasteiger partial charge in [-0.1, -0.05) is 23.7 Å². The lowest BCUT2D eigenvalue weighted by Gasteiger charge is -2.26. The molecule has 2 unspecified atom stereocenters. The van der Waals surface area contributed by atoms with Gasteiger partial charge in [0.15, 0.2) is 9.84 Å². The predicted octanol–water partition coefficient (Wildman–Crippen LogP) is 1.70. The van der Waals surface area contributed by atoms with Gasteiger partial charge in [-0.2, -0.15) is 5.26 Å². The zero-order chi connectivity index (χ0) is 13.4. The summed E-state index contributed by atoms with van der Waals surface area (Å²) in [6.07, 6.45) is -0.988. The first-order valence-electron chi connectivity index (χ1n) is 5.44. The van der Waals surface area contributed by atoms with Crippen LogP contribution in [0.15, 0.2) is 24.3 Å². The van der Waals surface area contributed by atoms with E-state index < -0.39 is 21.4 Å². The summed E-state index contributed by atoms with van der Waals surface area (Å²) < 4.78 is 23.0. The van der Waals surface area contributed by atoms with Crippen molar-refractivity contribution in [3.05, 3.63) is 34.9 Å². The third-order valence-electron chi connectivity index (χ3n) is 3.25. The number of sulfone groups is 1. The molecule has 96 valence electrons. The van der Waals surface area contributed by atoms with Crippen LogP contribution in [-0.2, 0) is 9.84 Å². The van der Waals surface area contributed by atoms with Crippen LogP contribution in [0, 0.1) is 16.7 Å². The molecule has 0 aliphatic carbocycles. The minimum Gasteiger partial charge on any atom is -0.387 e. The maximum Gasteiger partial charge on any atom is 0.152 e. The van der Waals surface area contributed by atoms with E-state index in [1.54, 1.807) is 24.3 Å². The van der Waals surface area contributed by atoms with Crippen LogP contribution in [0.25, 0.3) is 0 Å². The Morgan fingerprint density at radius 1 is 1.50 bits per heavy atom. The van der Waals surface area contributed by atoms with E-state index in [4.69, 9.17) is 11.6 Å². The van der Waals surface area contributed by atoms with Gasteiger partial charge in [0, 0.05) is 5.02 Å². The van der Waals surface area contributed by atoms with E-state index in [0.717, 1.165) is 0 Å². The standard InChI is InChI=1S/C12H12ClNO3S/c13-10-3-1-2-9(6-10)11(15)12(7-14)4-5-18(16,17)8-12/h1-3,6,11,15H,4-5,8H2. The van der Waals surface area contributed by atoms with Gasteiger partial charge in [-0.25, -0.2) is 8.42 Å². The molecular formula is C12H12ClNO3S. The number of nitrogens with zero attached hydrogens (tertiary/aromatic N) is 1. The molecule has 18 heavy (non-hydrogen) atoms. The minimum absolute atomic E-state index is 0.0574. The van der Waals surface area contributed by atoms with E-state index >= 15 is 0 Å². The van der Waals surface area contributed by atoms with Crippen molar-refractivity contribution in [2.75, 3.05) is 11.5 Å². The summed E-state index contributed by atoms with van der Waals surface area (Å²) in [5.74, 6) is -0.359. The zero-order valence-electron chi connectivity index (χ0n) is 9.51. The third kappa shape index (κ3) is 2.37. The van der Waals surface area contributed by atoms with Crippen molar-refractivity contribution < 1.29 is 13.5 Å². The maximum atomic E-state index is 11.5. The average Bonchev–Trinajstić information content (AvgIpc) is 2.65. The van der Waals surface area contributed by atoms with Gasteiger partial charge in [0.1, 0.15) is 5.41 Å². The molecule has 1 N–H and O–H groups in total. The SMILES string of the molecule is N#CC1(C(O)c2cccc(Cl)c2)CCS(=O)(=O)C1. The molecule has 0 spiro atoms. The second kappa shape index (κ2) is 4.54. The second-order valence-electron chi connectivity index (χ2n) is 4.57. The van der Waals surface area contributed by atoms with E-state index in [-0.39, 0.29) is 17.9 Å². The van der Waals surface area contributed by atoms with Gasteiger partial charge in [0.25, 0.3) is 0 Å². The van der Waals surface area contributed by atoms with Crippen LogP contribution in [0.2, 0.25) is 5.02 Å². The molecule has 1 aromatic rings. The highest BCUT2D eigenvalue weighted by Gasteiger charge is 2.48. The lowest BCUT2D eigenvalue weighted by atomic mass is 9.80. The third-order valence-corrected chi connectivity index (χ3v) is 5.26. The second-order valence-corrected chi connectivity index (χ2v) is 7.19. The molecule has 1 aliphatic heterocycles. The van der Waals surface area contributed by atoms with E-state index in [1.165, 1.54) is 0 Å². The van der Waals surface area contributed by atoms with Crippen molar-refractivity contribution in [2.24, 2.45) is 5.41 Å². The molecule has 2 rings (SSSR count). The summed E-state index contributed by atoms with van der Waals surface area (Å²) >= 11 is 5.83. The Bertz CT molecular complexity index is 608. The van der Waals surface area contributed by atoms with Crippen molar-refractivity contribution in [1.29, 1.82) is 5.26 Å². The number of halogens is 1. The average molecular weight is 286 g/mol. The fourth-order valence-corrected chi connectivity index (χ4v) is 4.40. The molecule has 1 fully saturated rings. The van der Waals surface area contributed by atoms with Crippen molar-refractivity contribution in [2.45, 2.75) is 12.5 Å². The molecule has 0 radical (unpaired) electrons. The van der Waals surface area contributed by atoms with Gasteiger partial charge in [0.05, 0.1) is 23.7 Å². The molecule has 6 heteroatoms. The van der Waals surface area contributed by atoms with Crippen molar-refractivity contribution in [1.82, 2.24) is 0 Å². The summed E-state index contributed by atoms with van der Waals surface area (Å²) in [4.78, 5) is 0. The van der Waals surface area contributed by atoms with E-state index in [0.29, 0.717) is 10.6 Å². The van der Waals surface area contributed by atoms with Crippen LogP contribution in [0.1, 0.15) is 18.1 Å². The molecule has 1 aromatic carbocycles. The number of nitriles is 1. The Kier molecular flexibility index (Phi) is 3.37. The molecule has 0 amide bonds. The Balaban J connectivity index is 2.39. The number of hydrogen-bond donors (Lipinski definition) is 1. The lowest BCUT2D eigenvalue weighted by molar-refractivity contribution is 0.0793. The van der Waals surface area contributed by atoms with Crippen LogP contribution < -0.4 is 0 Å². The monoisotopic (exact) mass is 285 g/mol. The van der Waals surface area contributed by atoms with Crippen LogP contribution in [0.5, 0.6) is 0 Å². The molecule has 1 heterocycles. The van der Waals surface area contributed by atoms with E-state index in [1.807, 2.05) is 6.07 Å². The smallest absolute Gasteiger partial charge is 0.152 e. The van der Waals surface area contributed by atoms with E-state index in [2.05, 4.69) is 0 Å². The Morgan fingerprint density at radius 2 is 2.22 bits per heavy atom. The maximum absolute atomic E-state index is 11.5. The number of aliphatic hydroxyl groups is 1. The number of aliphatic hydroxyl groups excluding tert-OH is 1. The fourth-order valence-electron chi connectivity index (χ4n) is 2.24. The number of rotatable bonds is 2. The Morgan fingerprint density at radius 3 is 2.72 bits per heavy atom. The van der Waals surface area contributed by atoms with E-state index in [9.17, 15) is 18.8 Å². The highest BCUT2D eigenvalue weighted by Crippen LogP contribution is 2.43. The fraction of sp³-hybridized carbons (Fsp3) is 0.417. The quantitative estimate of drug-likeness (QED) is 0.897. The Labute approximate surface area is 111 Å². The molecule has 2 atom stereocenters. The topological polar surface area (TPSA) is 78.2 Å². The Hall–Kier alpha value is -1.09. The molecular weight excluding hydrogens is 274 g/mol. The summed E-state index contributed by atoms with van der Waals surface area (Å²) in [5.41, 5.74) is -0.787. The summed E-state index contributed by atoms with van der Waals surface area (Å²) in [5, 5.41) is 20.0. The normalized spacial score (nSPS) is 27.6. The predicted molar refractivity (Wildman–Crippen MR) is 67.7 cm³/mol. The van der Waals surface area contributed by atoms with Crippen LogP contribution in [0.3, 0.4) is 0 Å².